The lowest BCUT2D eigenvalue weighted by Crippen LogP contribution is -2.34. The van der Waals surface area contributed by atoms with Gasteiger partial charge in [0, 0.05) is 13.1 Å². The summed E-state index contributed by atoms with van der Waals surface area (Å²) >= 11 is 0. The molecule has 0 saturated carbocycles. The molecule has 2 rings (SSSR count). The van der Waals surface area contributed by atoms with Gasteiger partial charge in [0.1, 0.15) is 5.75 Å². The summed E-state index contributed by atoms with van der Waals surface area (Å²) in [5.74, 6) is -0.512. The summed E-state index contributed by atoms with van der Waals surface area (Å²) in [6.07, 6.45) is -3.57. The maximum Gasteiger partial charge on any atom is 0.401 e. The van der Waals surface area contributed by atoms with Crippen molar-refractivity contribution in [2.45, 2.75) is 19.5 Å². The van der Waals surface area contributed by atoms with Crippen LogP contribution >= 0.6 is 0 Å². The molecule has 7 heteroatoms. The van der Waals surface area contributed by atoms with Crippen LogP contribution in [0.4, 0.5) is 13.2 Å². The highest BCUT2D eigenvalue weighted by Crippen LogP contribution is 2.23. The molecule has 2 N–H and O–H groups in total. The summed E-state index contributed by atoms with van der Waals surface area (Å²) in [4.78, 5) is 13.4. The third-order valence-electron chi connectivity index (χ3n) is 3.72. The summed E-state index contributed by atoms with van der Waals surface area (Å²) in [5.41, 5.74) is 1.03. The van der Waals surface area contributed by atoms with Gasteiger partial charge in [-0.25, -0.2) is 0 Å². The molecule has 22 heavy (non-hydrogen) atoms. The minimum Gasteiger partial charge on any atom is -0.507 e. The van der Waals surface area contributed by atoms with Crippen LogP contribution in [0.5, 0.6) is 5.75 Å². The summed E-state index contributed by atoms with van der Waals surface area (Å²) in [7, 11) is 0. The zero-order chi connectivity index (χ0) is 16.3. The van der Waals surface area contributed by atoms with E-state index in [1.54, 1.807) is 12.1 Å². The average molecular weight is 316 g/mol. The van der Waals surface area contributed by atoms with Crippen molar-refractivity contribution in [3.63, 3.8) is 0 Å². The molecular formula is C15H19F3N2O2. The van der Waals surface area contributed by atoms with Crippen molar-refractivity contribution in [2.75, 3.05) is 26.2 Å². The van der Waals surface area contributed by atoms with Crippen molar-refractivity contribution in [2.24, 2.45) is 5.92 Å². The van der Waals surface area contributed by atoms with Crippen molar-refractivity contribution in [3.8, 4) is 5.75 Å². The number of phenols is 1. The van der Waals surface area contributed by atoms with Gasteiger partial charge in [0.05, 0.1) is 12.1 Å². The molecule has 0 aliphatic carbocycles. The van der Waals surface area contributed by atoms with Gasteiger partial charge >= 0.3 is 6.18 Å². The normalized spacial score (nSPS) is 19.4. The first-order valence-corrected chi connectivity index (χ1v) is 7.11. The number of likely N-dealkylation sites (tertiary alicyclic amines) is 1. The van der Waals surface area contributed by atoms with Gasteiger partial charge in [-0.15, -0.1) is 0 Å². The SMILES string of the molecule is Cc1ccc(O)c(C(=O)NC[C@H]2CCN(CC(F)(F)F)C2)c1. The lowest BCUT2D eigenvalue weighted by atomic mass is 10.1. The topological polar surface area (TPSA) is 52.6 Å². The minimum atomic E-state index is -4.19. The van der Waals surface area contributed by atoms with E-state index in [0.717, 1.165) is 5.56 Å². The molecule has 1 saturated heterocycles. The Balaban J connectivity index is 1.84. The number of halogens is 3. The predicted octanol–water partition coefficient (Wildman–Crippen LogP) is 2.31. The molecule has 1 fully saturated rings. The largest absolute Gasteiger partial charge is 0.507 e. The van der Waals surface area contributed by atoms with Crippen molar-refractivity contribution in [1.29, 1.82) is 0 Å². The number of hydrogen-bond acceptors (Lipinski definition) is 3. The Labute approximate surface area is 126 Å². The van der Waals surface area contributed by atoms with E-state index < -0.39 is 18.6 Å². The molecule has 1 heterocycles. The molecule has 122 valence electrons. The van der Waals surface area contributed by atoms with Crippen LogP contribution in [-0.2, 0) is 0 Å². The first-order valence-electron chi connectivity index (χ1n) is 7.11. The van der Waals surface area contributed by atoms with Gasteiger partial charge in [-0.2, -0.15) is 13.2 Å². The Morgan fingerprint density at radius 2 is 2.18 bits per heavy atom. The number of amides is 1. The maximum absolute atomic E-state index is 12.3. The second-order valence-electron chi connectivity index (χ2n) is 5.74. The smallest absolute Gasteiger partial charge is 0.401 e. The molecule has 0 spiro atoms. The molecule has 1 atom stereocenters. The number of benzene rings is 1. The van der Waals surface area contributed by atoms with Gasteiger partial charge in [0.15, 0.2) is 0 Å². The molecular weight excluding hydrogens is 297 g/mol. The van der Waals surface area contributed by atoms with E-state index in [0.29, 0.717) is 26.1 Å². The Morgan fingerprint density at radius 1 is 1.45 bits per heavy atom. The van der Waals surface area contributed by atoms with E-state index in [-0.39, 0.29) is 17.2 Å². The number of alkyl halides is 3. The van der Waals surface area contributed by atoms with Crippen molar-refractivity contribution in [1.82, 2.24) is 10.2 Å². The van der Waals surface area contributed by atoms with Crippen molar-refractivity contribution < 1.29 is 23.1 Å². The Bertz CT molecular complexity index is 546. The molecule has 1 amide bonds. The van der Waals surface area contributed by atoms with E-state index in [9.17, 15) is 23.1 Å². The zero-order valence-corrected chi connectivity index (χ0v) is 12.3. The predicted molar refractivity (Wildman–Crippen MR) is 75.8 cm³/mol. The van der Waals surface area contributed by atoms with Crippen LogP contribution in [0, 0.1) is 12.8 Å². The number of carbonyl (C=O) groups is 1. The van der Waals surface area contributed by atoms with Crippen LogP contribution in [0.15, 0.2) is 18.2 Å². The molecule has 1 aromatic rings. The molecule has 1 aromatic carbocycles. The highest BCUT2D eigenvalue weighted by molar-refractivity contribution is 5.96. The van der Waals surface area contributed by atoms with Gasteiger partial charge < -0.3 is 10.4 Å². The van der Waals surface area contributed by atoms with Gasteiger partial charge in [0.25, 0.3) is 5.91 Å². The molecule has 4 nitrogen and oxygen atoms in total. The molecule has 0 unspecified atom stereocenters. The van der Waals surface area contributed by atoms with Crippen LogP contribution in [0.3, 0.4) is 0 Å². The van der Waals surface area contributed by atoms with Crippen LogP contribution in [0.1, 0.15) is 22.3 Å². The van der Waals surface area contributed by atoms with E-state index in [2.05, 4.69) is 5.32 Å². The van der Waals surface area contributed by atoms with Gasteiger partial charge in [-0.3, -0.25) is 9.69 Å². The van der Waals surface area contributed by atoms with Crippen molar-refractivity contribution >= 4 is 5.91 Å². The number of rotatable bonds is 4. The van der Waals surface area contributed by atoms with Crippen LogP contribution < -0.4 is 5.32 Å². The maximum atomic E-state index is 12.3. The minimum absolute atomic E-state index is 0.00162. The molecule has 0 aromatic heterocycles. The third-order valence-corrected chi connectivity index (χ3v) is 3.72. The highest BCUT2D eigenvalue weighted by Gasteiger charge is 2.34. The van der Waals surface area contributed by atoms with Gasteiger partial charge in [-0.1, -0.05) is 11.6 Å². The van der Waals surface area contributed by atoms with E-state index in [1.807, 2.05) is 6.92 Å². The third kappa shape index (κ3) is 4.62. The Hall–Kier alpha value is -1.76. The van der Waals surface area contributed by atoms with Crippen molar-refractivity contribution in [3.05, 3.63) is 29.3 Å². The fraction of sp³-hybridized carbons (Fsp3) is 0.533. The Kier molecular flexibility index (Phi) is 4.95. The van der Waals surface area contributed by atoms with Gasteiger partial charge in [0.2, 0.25) is 0 Å². The summed E-state index contributed by atoms with van der Waals surface area (Å²) in [6.45, 7) is 1.91. The summed E-state index contributed by atoms with van der Waals surface area (Å²) < 4.78 is 36.9. The first-order chi connectivity index (χ1) is 10.2. The zero-order valence-electron chi connectivity index (χ0n) is 12.3. The Morgan fingerprint density at radius 3 is 2.86 bits per heavy atom. The standard InChI is InChI=1S/C15H19F3N2O2/c1-10-2-3-13(21)12(6-10)14(22)19-7-11-4-5-20(8-11)9-15(16,17)18/h2-3,6,11,21H,4-5,7-9H2,1H3,(H,19,22)/t11-/m1/s1. The van der Waals surface area contributed by atoms with Crippen LogP contribution in [-0.4, -0.2) is 48.3 Å². The molecule has 1 aliphatic heterocycles. The quantitative estimate of drug-likeness (QED) is 0.896. The fourth-order valence-electron chi connectivity index (χ4n) is 2.64. The molecule has 0 radical (unpaired) electrons. The number of nitrogens with one attached hydrogen (secondary N) is 1. The number of nitrogens with zero attached hydrogens (tertiary/aromatic N) is 1. The number of aromatic hydroxyl groups is 1. The molecule has 0 bridgehead atoms. The first kappa shape index (κ1) is 16.6. The van der Waals surface area contributed by atoms with E-state index >= 15 is 0 Å². The summed E-state index contributed by atoms with van der Waals surface area (Å²) in [5, 5.41) is 12.4. The number of aryl methyl sites for hydroxylation is 1. The number of carbonyl (C=O) groups excluding carboxylic acids is 1. The van der Waals surface area contributed by atoms with E-state index in [4.69, 9.17) is 0 Å². The second-order valence-corrected chi connectivity index (χ2v) is 5.74. The second kappa shape index (κ2) is 6.56. The molecule has 1 aliphatic rings. The number of phenolic OH excluding ortho intramolecular Hbond substituents is 1. The van der Waals surface area contributed by atoms with Crippen LogP contribution in [0.25, 0.3) is 0 Å². The average Bonchev–Trinajstić information content (AvgIpc) is 2.84. The van der Waals surface area contributed by atoms with Crippen LogP contribution in [0.2, 0.25) is 0 Å². The number of hydrogen-bond donors (Lipinski definition) is 2. The summed E-state index contributed by atoms with van der Waals surface area (Å²) in [6, 6.07) is 4.72. The lowest BCUT2D eigenvalue weighted by molar-refractivity contribution is -0.143. The highest BCUT2D eigenvalue weighted by atomic mass is 19.4. The van der Waals surface area contributed by atoms with Gasteiger partial charge in [-0.05, 0) is 37.9 Å². The fourth-order valence-corrected chi connectivity index (χ4v) is 2.64. The lowest BCUT2D eigenvalue weighted by Gasteiger charge is -2.18. The monoisotopic (exact) mass is 316 g/mol. The van der Waals surface area contributed by atoms with E-state index in [1.165, 1.54) is 11.0 Å².